The number of ether oxygens (including phenoxy) is 8. The van der Waals surface area contributed by atoms with Crippen molar-refractivity contribution in [3.8, 4) is 46.0 Å². The van der Waals surface area contributed by atoms with Gasteiger partial charge in [-0.2, -0.15) is 0 Å². The Balaban J connectivity index is 1.55. The quantitative estimate of drug-likeness (QED) is 0.131. The van der Waals surface area contributed by atoms with Gasteiger partial charge in [0.15, 0.2) is 18.1 Å². The maximum Gasteiger partial charge on any atom is 0.341 e. The van der Waals surface area contributed by atoms with E-state index in [-0.39, 0.29) is 18.3 Å². The number of aliphatic carboxylic acids is 1. The summed E-state index contributed by atoms with van der Waals surface area (Å²) in [5.74, 6) is -0.0364. The topological polar surface area (TPSA) is 128 Å². The maximum atomic E-state index is 14.7. The standard InChI is InChI=1S/C37H36O11/c1-5-12-44-23-8-9-27-29(17-23)35(28-10-7-22(41-2)18-31(28)45-19-33(38)39)36(34(27)21-6-11-30-32(13-21)47-20-46-30)37(40)48-26-15-24(42-3)14-25(16-26)43-4/h6-11,13-18,34-36H,5,12,19-20H2,1-4H3,(H,38,39). The van der Waals surface area contributed by atoms with E-state index in [0.717, 1.165) is 23.1 Å². The summed E-state index contributed by atoms with van der Waals surface area (Å²) in [5.41, 5.74) is 3.06. The second-order valence-corrected chi connectivity index (χ2v) is 11.3. The van der Waals surface area contributed by atoms with Gasteiger partial charge in [0.05, 0.1) is 33.9 Å². The van der Waals surface area contributed by atoms with Gasteiger partial charge in [-0.05, 0) is 53.4 Å². The van der Waals surface area contributed by atoms with Crippen LogP contribution >= 0.6 is 0 Å². The fourth-order valence-corrected chi connectivity index (χ4v) is 6.31. The van der Waals surface area contributed by atoms with E-state index in [9.17, 15) is 14.7 Å². The summed E-state index contributed by atoms with van der Waals surface area (Å²) >= 11 is 0. The average molecular weight is 657 g/mol. The molecule has 250 valence electrons. The molecule has 0 saturated carbocycles. The molecule has 0 amide bonds. The summed E-state index contributed by atoms with van der Waals surface area (Å²) in [5, 5.41) is 9.50. The van der Waals surface area contributed by atoms with Crippen LogP contribution in [-0.2, 0) is 9.59 Å². The molecule has 1 heterocycles. The summed E-state index contributed by atoms with van der Waals surface area (Å²) in [6.07, 6.45) is 0.810. The number of methoxy groups -OCH3 is 3. The second-order valence-electron chi connectivity index (χ2n) is 11.3. The van der Waals surface area contributed by atoms with Crippen molar-refractivity contribution in [2.45, 2.75) is 25.2 Å². The van der Waals surface area contributed by atoms with E-state index in [1.54, 1.807) is 36.4 Å². The molecule has 11 heteroatoms. The summed E-state index contributed by atoms with van der Waals surface area (Å²) in [6.45, 7) is 2.03. The third-order valence-electron chi connectivity index (χ3n) is 8.40. The Morgan fingerprint density at radius 2 is 1.40 bits per heavy atom. The highest BCUT2D eigenvalue weighted by molar-refractivity contribution is 5.82. The van der Waals surface area contributed by atoms with Crippen molar-refractivity contribution in [1.82, 2.24) is 0 Å². The molecule has 1 aliphatic heterocycles. The summed E-state index contributed by atoms with van der Waals surface area (Å²) in [7, 11) is 4.54. The number of benzene rings is 4. The molecule has 0 radical (unpaired) electrons. The highest BCUT2D eigenvalue weighted by Crippen LogP contribution is 2.56. The van der Waals surface area contributed by atoms with E-state index >= 15 is 0 Å². The number of carboxylic acids is 1. The van der Waals surface area contributed by atoms with E-state index in [2.05, 4.69) is 0 Å². The first-order valence-electron chi connectivity index (χ1n) is 15.5. The number of hydrogen-bond acceptors (Lipinski definition) is 10. The molecule has 3 unspecified atom stereocenters. The number of hydrogen-bond donors (Lipinski definition) is 1. The summed E-state index contributed by atoms with van der Waals surface area (Å²) in [4.78, 5) is 26.3. The van der Waals surface area contributed by atoms with Crippen molar-refractivity contribution in [1.29, 1.82) is 0 Å². The molecule has 0 bridgehead atoms. The van der Waals surface area contributed by atoms with E-state index in [1.165, 1.54) is 21.3 Å². The molecule has 3 atom stereocenters. The molecular formula is C37H36O11. The van der Waals surface area contributed by atoms with Gasteiger partial charge in [-0.3, -0.25) is 4.79 Å². The zero-order valence-electron chi connectivity index (χ0n) is 27.0. The van der Waals surface area contributed by atoms with Crippen LogP contribution in [0, 0.1) is 5.92 Å². The molecule has 1 aliphatic carbocycles. The van der Waals surface area contributed by atoms with Gasteiger partial charge in [-0.15, -0.1) is 0 Å². The first-order chi connectivity index (χ1) is 23.3. The van der Waals surface area contributed by atoms with E-state index < -0.39 is 36.3 Å². The van der Waals surface area contributed by atoms with E-state index in [0.29, 0.717) is 46.7 Å². The van der Waals surface area contributed by atoms with Crippen LogP contribution in [0.15, 0.2) is 72.8 Å². The number of fused-ring (bicyclic) bond motifs is 2. The van der Waals surface area contributed by atoms with Crippen molar-refractivity contribution < 1.29 is 52.6 Å². The summed E-state index contributed by atoms with van der Waals surface area (Å²) in [6, 6.07) is 21.5. The number of carbonyl (C=O) groups excluding carboxylic acids is 1. The lowest BCUT2D eigenvalue weighted by Gasteiger charge is -2.26. The molecule has 11 nitrogen and oxygen atoms in total. The molecule has 4 aromatic carbocycles. The second kappa shape index (κ2) is 14.0. The Hall–Kier alpha value is -5.58. The van der Waals surface area contributed by atoms with Gasteiger partial charge in [0.2, 0.25) is 6.79 Å². The zero-order valence-corrected chi connectivity index (χ0v) is 27.0. The lowest BCUT2D eigenvalue weighted by molar-refractivity contribution is -0.140. The molecule has 0 spiro atoms. The highest BCUT2D eigenvalue weighted by atomic mass is 16.7. The fraction of sp³-hybridized carbons (Fsp3) is 0.297. The van der Waals surface area contributed by atoms with Crippen molar-refractivity contribution in [2.24, 2.45) is 5.92 Å². The van der Waals surface area contributed by atoms with Crippen molar-refractivity contribution >= 4 is 11.9 Å². The van der Waals surface area contributed by atoms with Gasteiger partial charge in [-0.25, -0.2) is 4.79 Å². The average Bonchev–Trinajstić information content (AvgIpc) is 3.71. The Morgan fingerprint density at radius 3 is 2.10 bits per heavy atom. The van der Waals surface area contributed by atoms with Gasteiger partial charge >= 0.3 is 11.9 Å². The number of carbonyl (C=O) groups is 2. The Morgan fingerprint density at radius 1 is 0.708 bits per heavy atom. The molecule has 48 heavy (non-hydrogen) atoms. The monoisotopic (exact) mass is 656 g/mol. The van der Waals surface area contributed by atoms with Crippen LogP contribution < -0.4 is 37.9 Å². The van der Waals surface area contributed by atoms with Crippen LogP contribution in [0.1, 0.15) is 47.4 Å². The smallest absolute Gasteiger partial charge is 0.341 e. The molecular weight excluding hydrogens is 620 g/mol. The van der Waals surface area contributed by atoms with Crippen LogP contribution in [0.2, 0.25) is 0 Å². The minimum atomic E-state index is -1.15. The number of esters is 1. The molecule has 6 rings (SSSR count). The Labute approximate surface area is 277 Å². The van der Waals surface area contributed by atoms with Crippen molar-refractivity contribution in [2.75, 3.05) is 41.3 Å². The SMILES string of the molecule is CCCOc1ccc2c(c1)C(c1ccc(OC)cc1OCC(=O)O)C(C(=O)Oc1cc(OC)cc(OC)c1)C2c1ccc2c(c1)OCO2. The lowest BCUT2D eigenvalue weighted by Crippen LogP contribution is -2.29. The first kappa shape index (κ1) is 32.4. The third kappa shape index (κ3) is 6.48. The maximum absolute atomic E-state index is 14.7. The molecule has 2 aliphatic rings. The predicted octanol–water partition coefficient (Wildman–Crippen LogP) is 6.19. The van der Waals surface area contributed by atoms with Crippen LogP contribution in [0.4, 0.5) is 0 Å². The minimum Gasteiger partial charge on any atom is -0.497 e. The minimum absolute atomic E-state index is 0.0973. The molecule has 0 aromatic heterocycles. The van der Waals surface area contributed by atoms with Gasteiger partial charge in [-0.1, -0.05) is 25.1 Å². The van der Waals surface area contributed by atoms with Crippen LogP contribution in [-0.4, -0.2) is 58.4 Å². The fourth-order valence-electron chi connectivity index (χ4n) is 6.31. The van der Waals surface area contributed by atoms with E-state index in [1.807, 2.05) is 43.3 Å². The van der Waals surface area contributed by atoms with Crippen LogP contribution in [0.5, 0.6) is 46.0 Å². The van der Waals surface area contributed by atoms with Crippen molar-refractivity contribution in [3.05, 3.63) is 95.1 Å². The normalized spacial score (nSPS) is 17.3. The lowest BCUT2D eigenvalue weighted by atomic mass is 9.79. The number of carboxylic acid groups (broad SMARTS) is 1. The zero-order chi connectivity index (χ0) is 33.8. The summed E-state index contributed by atoms with van der Waals surface area (Å²) < 4.78 is 45.6. The number of rotatable bonds is 13. The van der Waals surface area contributed by atoms with Crippen LogP contribution in [0.3, 0.4) is 0 Å². The first-order valence-corrected chi connectivity index (χ1v) is 15.5. The largest absolute Gasteiger partial charge is 0.497 e. The Kier molecular flexibility index (Phi) is 9.47. The Bertz CT molecular complexity index is 1800. The molecule has 1 N–H and O–H groups in total. The van der Waals surface area contributed by atoms with Gasteiger partial charge in [0.25, 0.3) is 0 Å². The van der Waals surface area contributed by atoms with Gasteiger partial charge in [0, 0.05) is 41.7 Å². The van der Waals surface area contributed by atoms with Gasteiger partial charge in [0.1, 0.15) is 34.5 Å². The molecule has 0 saturated heterocycles. The van der Waals surface area contributed by atoms with Crippen molar-refractivity contribution in [3.63, 3.8) is 0 Å². The third-order valence-corrected chi connectivity index (χ3v) is 8.40. The van der Waals surface area contributed by atoms with E-state index in [4.69, 9.17) is 37.9 Å². The van der Waals surface area contributed by atoms with Gasteiger partial charge < -0.3 is 43.0 Å². The molecule has 4 aromatic rings. The molecule has 0 fully saturated rings. The van der Waals surface area contributed by atoms with Crippen LogP contribution in [0.25, 0.3) is 0 Å². The predicted molar refractivity (Wildman–Crippen MR) is 173 cm³/mol. The highest BCUT2D eigenvalue weighted by Gasteiger charge is 2.49.